The van der Waals surface area contributed by atoms with Gasteiger partial charge in [0.1, 0.15) is 5.82 Å². The smallest absolute Gasteiger partial charge is 0.123 e. The number of aryl methyl sites for hydroxylation is 1. The molecule has 0 bridgehead atoms. The fourth-order valence-electron chi connectivity index (χ4n) is 2.23. The van der Waals surface area contributed by atoms with Gasteiger partial charge in [0.05, 0.1) is 5.60 Å². The third-order valence-electron chi connectivity index (χ3n) is 3.27. The first-order valence-corrected chi connectivity index (χ1v) is 6.56. The highest BCUT2D eigenvalue weighted by atomic mass is 19.1. The molecule has 2 aromatic carbocycles. The van der Waals surface area contributed by atoms with Gasteiger partial charge in [-0.2, -0.15) is 0 Å². The quantitative estimate of drug-likeness (QED) is 0.866. The van der Waals surface area contributed by atoms with Crippen LogP contribution >= 0.6 is 0 Å². The van der Waals surface area contributed by atoms with E-state index in [1.54, 1.807) is 13.0 Å². The molecular weight excluding hydrogens is 239 g/mol. The van der Waals surface area contributed by atoms with E-state index in [4.69, 9.17) is 0 Å². The minimum atomic E-state index is -0.816. The van der Waals surface area contributed by atoms with Crippen molar-refractivity contribution in [1.82, 2.24) is 0 Å². The van der Waals surface area contributed by atoms with Crippen LogP contribution in [0.2, 0.25) is 0 Å². The monoisotopic (exact) mass is 258 g/mol. The van der Waals surface area contributed by atoms with E-state index in [1.807, 2.05) is 24.3 Å². The van der Waals surface area contributed by atoms with Crippen molar-refractivity contribution in [3.05, 3.63) is 71.5 Å². The van der Waals surface area contributed by atoms with E-state index in [9.17, 15) is 9.50 Å². The summed E-state index contributed by atoms with van der Waals surface area (Å²) in [6.45, 7) is 1.81. The topological polar surface area (TPSA) is 20.2 Å². The molecule has 2 rings (SSSR count). The van der Waals surface area contributed by atoms with Crippen molar-refractivity contribution in [3.8, 4) is 0 Å². The minimum absolute atomic E-state index is 0.253. The molecule has 0 saturated carbocycles. The molecule has 0 fully saturated rings. The Morgan fingerprint density at radius 1 is 1.00 bits per heavy atom. The van der Waals surface area contributed by atoms with Crippen LogP contribution in [0, 0.1) is 5.82 Å². The maximum Gasteiger partial charge on any atom is 0.123 e. The van der Waals surface area contributed by atoms with Gasteiger partial charge in [0.15, 0.2) is 0 Å². The van der Waals surface area contributed by atoms with Gasteiger partial charge in [0.2, 0.25) is 0 Å². The molecule has 0 spiro atoms. The molecule has 2 heteroatoms. The first kappa shape index (κ1) is 13.8. The van der Waals surface area contributed by atoms with Gasteiger partial charge in [-0.25, -0.2) is 4.39 Å². The normalized spacial score (nSPS) is 14.1. The molecule has 0 saturated heterocycles. The van der Waals surface area contributed by atoms with Crippen LogP contribution in [0.15, 0.2) is 54.6 Å². The van der Waals surface area contributed by atoms with Crippen LogP contribution in [0.1, 0.15) is 24.5 Å². The van der Waals surface area contributed by atoms with Gasteiger partial charge in [-0.3, -0.25) is 0 Å². The third kappa shape index (κ3) is 4.49. The standard InChI is InChI=1S/C17H19FO/c1-17(19,11-10-14-6-3-2-4-7-14)13-15-8-5-9-16(18)12-15/h2-9,12,19H,10-11,13H2,1H3. The van der Waals surface area contributed by atoms with Gasteiger partial charge in [-0.15, -0.1) is 0 Å². The Morgan fingerprint density at radius 2 is 1.68 bits per heavy atom. The highest BCUT2D eigenvalue weighted by Gasteiger charge is 2.20. The molecule has 0 aliphatic heterocycles. The summed E-state index contributed by atoms with van der Waals surface area (Å²) in [7, 11) is 0. The molecule has 1 N–H and O–H groups in total. The molecule has 1 nitrogen and oxygen atoms in total. The SMILES string of the molecule is CC(O)(CCc1ccccc1)Cc1cccc(F)c1. The van der Waals surface area contributed by atoms with Crippen molar-refractivity contribution < 1.29 is 9.50 Å². The summed E-state index contributed by atoms with van der Waals surface area (Å²) in [5.41, 5.74) is 1.23. The van der Waals surface area contributed by atoms with Gasteiger partial charge < -0.3 is 5.11 Å². The van der Waals surface area contributed by atoms with E-state index in [1.165, 1.54) is 17.7 Å². The highest BCUT2D eigenvalue weighted by molar-refractivity contribution is 5.19. The average molecular weight is 258 g/mol. The van der Waals surface area contributed by atoms with Crippen LogP contribution in [0.4, 0.5) is 4.39 Å². The van der Waals surface area contributed by atoms with Crippen molar-refractivity contribution >= 4 is 0 Å². The zero-order chi connectivity index (χ0) is 13.7. The molecule has 0 heterocycles. The van der Waals surface area contributed by atoms with E-state index >= 15 is 0 Å². The molecule has 0 aliphatic carbocycles. The van der Waals surface area contributed by atoms with Crippen LogP contribution in [0.25, 0.3) is 0 Å². The zero-order valence-corrected chi connectivity index (χ0v) is 11.1. The number of hydrogen-bond donors (Lipinski definition) is 1. The largest absolute Gasteiger partial charge is 0.390 e. The van der Waals surface area contributed by atoms with Gasteiger partial charge in [-0.05, 0) is 43.0 Å². The minimum Gasteiger partial charge on any atom is -0.390 e. The van der Waals surface area contributed by atoms with Gasteiger partial charge in [-0.1, -0.05) is 42.5 Å². The summed E-state index contributed by atoms with van der Waals surface area (Å²) < 4.78 is 13.1. The Balaban J connectivity index is 1.95. The van der Waals surface area contributed by atoms with Crippen molar-refractivity contribution in [2.24, 2.45) is 0 Å². The average Bonchev–Trinajstić information content (AvgIpc) is 2.37. The summed E-state index contributed by atoms with van der Waals surface area (Å²) in [6.07, 6.45) is 1.95. The number of rotatable bonds is 5. The lowest BCUT2D eigenvalue weighted by Crippen LogP contribution is -2.27. The Labute approximate surface area is 113 Å². The van der Waals surface area contributed by atoms with E-state index in [-0.39, 0.29) is 5.82 Å². The first-order valence-electron chi connectivity index (χ1n) is 6.56. The predicted molar refractivity (Wildman–Crippen MR) is 75.5 cm³/mol. The van der Waals surface area contributed by atoms with Crippen LogP contribution in [-0.2, 0) is 12.8 Å². The number of aliphatic hydroxyl groups is 1. The fraction of sp³-hybridized carbons (Fsp3) is 0.294. The first-order chi connectivity index (χ1) is 9.05. The van der Waals surface area contributed by atoms with E-state index in [2.05, 4.69) is 12.1 Å². The Hall–Kier alpha value is -1.67. The summed E-state index contributed by atoms with van der Waals surface area (Å²) >= 11 is 0. The van der Waals surface area contributed by atoms with Crippen molar-refractivity contribution in [1.29, 1.82) is 0 Å². The van der Waals surface area contributed by atoms with Crippen molar-refractivity contribution in [2.45, 2.75) is 31.8 Å². The van der Waals surface area contributed by atoms with E-state index in [0.717, 1.165) is 12.0 Å². The summed E-state index contributed by atoms with van der Waals surface area (Å²) in [6, 6.07) is 16.5. The maximum absolute atomic E-state index is 13.1. The second-order valence-electron chi connectivity index (χ2n) is 5.29. The second kappa shape index (κ2) is 5.98. The van der Waals surface area contributed by atoms with Crippen LogP contribution in [0.5, 0.6) is 0 Å². The molecule has 0 radical (unpaired) electrons. The molecule has 100 valence electrons. The highest BCUT2D eigenvalue weighted by Crippen LogP contribution is 2.20. The molecular formula is C17H19FO. The molecule has 2 aromatic rings. The van der Waals surface area contributed by atoms with E-state index < -0.39 is 5.60 Å². The molecule has 0 amide bonds. The van der Waals surface area contributed by atoms with Crippen molar-refractivity contribution in [3.63, 3.8) is 0 Å². The van der Waals surface area contributed by atoms with Gasteiger partial charge in [0.25, 0.3) is 0 Å². The molecule has 0 aromatic heterocycles. The molecule has 19 heavy (non-hydrogen) atoms. The summed E-state index contributed by atoms with van der Waals surface area (Å²) in [5.74, 6) is -0.253. The Kier molecular flexibility index (Phi) is 4.33. The molecule has 1 unspecified atom stereocenters. The Morgan fingerprint density at radius 3 is 2.37 bits per heavy atom. The summed E-state index contributed by atoms with van der Waals surface area (Å²) in [5, 5.41) is 10.4. The second-order valence-corrected chi connectivity index (χ2v) is 5.29. The third-order valence-corrected chi connectivity index (χ3v) is 3.27. The lowest BCUT2D eigenvalue weighted by atomic mass is 9.90. The number of benzene rings is 2. The van der Waals surface area contributed by atoms with Gasteiger partial charge >= 0.3 is 0 Å². The lowest BCUT2D eigenvalue weighted by Gasteiger charge is -2.23. The van der Waals surface area contributed by atoms with Crippen LogP contribution < -0.4 is 0 Å². The summed E-state index contributed by atoms with van der Waals surface area (Å²) in [4.78, 5) is 0. The van der Waals surface area contributed by atoms with Crippen molar-refractivity contribution in [2.75, 3.05) is 0 Å². The molecule has 0 aliphatic rings. The van der Waals surface area contributed by atoms with E-state index in [0.29, 0.717) is 12.8 Å². The Bertz CT molecular complexity index is 520. The maximum atomic E-state index is 13.1. The molecule has 1 atom stereocenters. The van der Waals surface area contributed by atoms with Gasteiger partial charge in [0, 0.05) is 6.42 Å². The lowest BCUT2D eigenvalue weighted by molar-refractivity contribution is 0.0515. The number of hydrogen-bond acceptors (Lipinski definition) is 1. The fourth-order valence-corrected chi connectivity index (χ4v) is 2.23. The zero-order valence-electron chi connectivity index (χ0n) is 11.1. The predicted octanol–water partition coefficient (Wildman–Crippen LogP) is 3.75. The van der Waals surface area contributed by atoms with Crippen LogP contribution in [-0.4, -0.2) is 10.7 Å². The van der Waals surface area contributed by atoms with Crippen LogP contribution in [0.3, 0.4) is 0 Å². The number of halogens is 1.